The first-order chi connectivity index (χ1) is 12.1. The van der Waals surface area contributed by atoms with E-state index in [1.807, 2.05) is 6.07 Å². The molecule has 4 heteroatoms. The Morgan fingerprint density at radius 3 is 2.48 bits per heavy atom. The molecule has 2 aromatic carbocycles. The van der Waals surface area contributed by atoms with E-state index in [9.17, 15) is 9.50 Å². The molecule has 0 saturated carbocycles. The van der Waals surface area contributed by atoms with Crippen molar-refractivity contribution < 1.29 is 9.50 Å². The van der Waals surface area contributed by atoms with Gasteiger partial charge in [0.05, 0.1) is 5.60 Å². The van der Waals surface area contributed by atoms with Crippen LogP contribution in [0.3, 0.4) is 0 Å². The molecule has 1 aromatic heterocycles. The summed E-state index contributed by atoms with van der Waals surface area (Å²) in [5.74, 6) is -0.315. The number of H-pyrrole nitrogens is 1. The molecular weight excluding hydrogens is 315 g/mol. The summed E-state index contributed by atoms with van der Waals surface area (Å²) in [5.41, 5.74) is 3.03. The second kappa shape index (κ2) is 6.28. The molecule has 0 atom stereocenters. The highest BCUT2D eigenvalue weighted by Crippen LogP contribution is 2.35. The standard InChI is InChI=1S/C21H23FN2O/c1-15-16-6-2-5-9-19(16)23-20(15)14-24-12-10-21(25,11-13-24)17-7-3-4-8-18(17)22/h2-9,23,25H,10-14H2,1H3. The fourth-order valence-electron chi connectivity index (χ4n) is 3.91. The van der Waals surface area contributed by atoms with Gasteiger partial charge in [-0.2, -0.15) is 0 Å². The Morgan fingerprint density at radius 2 is 1.76 bits per heavy atom. The normalized spacial score (nSPS) is 17.9. The molecule has 3 aromatic rings. The van der Waals surface area contributed by atoms with Gasteiger partial charge >= 0.3 is 0 Å². The Balaban J connectivity index is 1.48. The van der Waals surface area contributed by atoms with Crippen LogP contribution in [0.2, 0.25) is 0 Å². The number of nitrogens with one attached hydrogen (secondary N) is 1. The van der Waals surface area contributed by atoms with Gasteiger partial charge in [-0.15, -0.1) is 0 Å². The first kappa shape index (κ1) is 16.3. The van der Waals surface area contributed by atoms with Crippen molar-refractivity contribution in [2.45, 2.75) is 31.9 Å². The van der Waals surface area contributed by atoms with Crippen LogP contribution in [0, 0.1) is 12.7 Å². The van der Waals surface area contributed by atoms with Crippen molar-refractivity contribution in [2.24, 2.45) is 0 Å². The molecule has 0 unspecified atom stereocenters. The number of para-hydroxylation sites is 1. The highest BCUT2D eigenvalue weighted by atomic mass is 19.1. The van der Waals surface area contributed by atoms with Gasteiger partial charge in [-0.1, -0.05) is 36.4 Å². The lowest BCUT2D eigenvalue weighted by Crippen LogP contribution is -2.42. The summed E-state index contributed by atoms with van der Waals surface area (Å²) in [5, 5.41) is 12.2. The molecule has 2 N–H and O–H groups in total. The second-order valence-corrected chi connectivity index (χ2v) is 7.06. The van der Waals surface area contributed by atoms with Crippen LogP contribution in [0.15, 0.2) is 48.5 Å². The summed E-state index contributed by atoms with van der Waals surface area (Å²) in [4.78, 5) is 5.83. The van der Waals surface area contributed by atoms with E-state index in [4.69, 9.17) is 0 Å². The lowest BCUT2D eigenvalue weighted by atomic mass is 9.84. The molecule has 0 spiro atoms. The minimum Gasteiger partial charge on any atom is -0.385 e. The minimum absolute atomic E-state index is 0.315. The van der Waals surface area contributed by atoms with Crippen LogP contribution >= 0.6 is 0 Å². The maximum atomic E-state index is 14.1. The molecular formula is C21H23FN2O. The van der Waals surface area contributed by atoms with E-state index >= 15 is 0 Å². The number of hydrogen-bond donors (Lipinski definition) is 2. The zero-order valence-corrected chi connectivity index (χ0v) is 14.4. The van der Waals surface area contributed by atoms with Crippen molar-refractivity contribution in [3.8, 4) is 0 Å². The maximum Gasteiger partial charge on any atom is 0.129 e. The maximum absolute atomic E-state index is 14.1. The van der Waals surface area contributed by atoms with Crippen LogP contribution in [0.1, 0.15) is 29.7 Å². The van der Waals surface area contributed by atoms with E-state index < -0.39 is 5.60 Å². The summed E-state index contributed by atoms with van der Waals surface area (Å²) in [6.07, 6.45) is 1.10. The predicted octanol–water partition coefficient (Wildman–Crippen LogP) is 4.10. The van der Waals surface area contributed by atoms with Crippen molar-refractivity contribution in [2.75, 3.05) is 13.1 Å². The number of fused-ring (bicyclic) bond motifs is 1. The monoisotopic (exact) mass is 338 g/mol. The molecule has 25 heavy (non-hydrogen) atoms. The summed E-state index contributed by atoms with van der Waals surface area (Å²) in [6.45, 7) is 4.47. The SMILES string of the molecule is Cc1c(CN2CCC(O)(c3ccccc3F)CC2)[nH]c2ccccc12. The molecule has 1 aliphatic heterocycles. The fourth-order valence-corrected chi connectivity index (χ4v) is 3.91. The van der Waals surface area contributed by atoms with E-state index in [-0.39, 0.29) is 5.82 Å². The van der Waals surface area contributed by atoms with Crippen LogP contribution in [0.25, 0.3) is 10.9 Å². The zero-order valence-electron chi connectivity index (χ0n) is 14.4. The molecule has 0 amide bonds. The Hall–Kier alpha value is -2.17. The van der Waals surface area contributed by atoms with Crippen molar-refractivity contribution in [1.29, 1.82) is 0 Å². The van der Waals surface area contributed by atoms with Gasteiger partial charge in [0.2, 0.25) is 0 Å². The van der Waals surface area contributed by atoms with Gasteiger partial charge in [-0.25, -0.2) is 4.39 Å². The summed E-state index contributed by atoms with van der Waals surface area (Å²) in [7, 11) is 0. The van der Waals surface area contributed by atoms with Crippen LogP contribution < -0.4 is 0 Å². The molecule has 2 heterocycles. The topological polar surface area (TPSA) is 39.3 Å². The van der Waals surface area contributed by atoms with Crippen molar-refractivity contribution in [1.82, 2.24) is 9.88 Å². The number of piperidine rings is 1. The third-order valence-electron chi connectivity index (χ3n) is 5.51. The van der Waals surface area contributed by atoms with Crippen molar-refractivity contribution in [3.63, 3.8) is 0 Å². The average Bonchev–Trinajstić information content (AvgIpc) is 2.94. The third-order valence-corrected chi connectivity index (χ3v) is 5.51. The summed E-state index contributed by atoms with van der Waals surface area (Å²) >= 11 is 0. The van der Waals surface area contributed by atoms with Gasteiger partial charge in [-0.05, 0) is 37.5 Å². The number of aryl methyl sites for hydroxylation is 1. The van der Waals surface area contributed by atoms with Gasteiger partial charge in [0, 0.05) is 41.8 Å². The van der Waals surface area contributed by atoms with Crippen LogP contribution in [-0.4, -0.2) is 28.1 Å². The molecule has 130 valence electrons. The number of likely N-dealkylation sites (tertiary alicyclic amines) is 1. The number of aromatic nitrogens is 1. The lowest BCUT2D eigenvalue weighted by molar-refractivity contribution is -0.0304. The van der Waals surface area contributed by atoms with E-state index in [0.717, 1.165) is 25.2 Å². The fraction of sp³-hybridized carbons (Fsp3) is 0.333. The van der Waals surface area contributed by atoms with E-state index in [0.29, 0.717) is 18.4 Å². The Bertz CT molecular complexity index is 894. The number of halogens is 1. The van der Waals surface area contributed by atoms with Gasteiger partial charge in [0.1, 0.15) is 5.82 Å². The number of aliphatic hydroxyl groups is 1. The second-order valence-electron chi connectivity index (χ2n) is 7.06. The predicted molar refractivity (Wildman–Crippen MR) is 97.8 cm³/mol. The molecule has 1 fully saturated rings. The quantitative estimate of drug-likeness (QED) is 0.755. The summed E-state index contributed by atoms with van der Waals surface area (Å²) in [6, 6.07) is 14.9. The number of rotatable bonds is 3. The molecule has 3 nitrogen and oxygen atoms in total. The van der Waals surface area contributed by atoms with Crippen LogP contribution in [-0.2, 0) is 12.1 Å². The Kier molecular flexibility index (Phi) is 4.10. The zero-order chi connectivity index (χ0) is 17.4. The van der Waals surface area contributed by atoms with Gasteiger partial charge < -0.3 is 10.1 Å². The van der Waals surface area contributed by atoms with Gasteiger partial charge in [0.25, 0.3) is 0 Å². The lowest BCUT2D eigenvalue weighted by Gasteiger charge is -2.38. The highest BCUT2D eigenvalue weighted by molar-refractivity contribution is 5.84. The molecule has 0 radical (unpaired) electrons. The minimum atomic E-state index is -1.06. The molecule has 4 rings (SSSR count). The van der Waals surface area contributed by atoms with Crippen molar-refractivity contribution in [3.05, 3.63) is 71.2 Å². The number of nitrogens with zero attached hydrogens (tertiary/aromatic N) is 1. The Morgan fingerprint density at radius 1 is 1.08 bits per heavy atom. The van der Waals surface area contributed by atoms with Crippen LogP contribution in [0.4, 0.5) is 4.39 Å². The highest BCUT2D eigenvalue weighted by Gasteiger charge is 2.36. The average molecular weight is 338 g/mol. The van der Waals surface area contributed by atoms with E-state index in [1.165, 1.54) is 22.7 Å². The number of aromatic amines is 1. The number of hydrogen-bond acceptors (Lipinski definition) is 2. The molecule has 1 aliphatic rings. The number of benzene rings is 2. The van der Waals surface area contributed by atoms with Crippen LogP contribution in [0.5, 0.6) is 0 Å². The van der Waals surface area contributed by atoms with E-state index in [2.05, 4.69) is 35.0 Å². The first-order valence-electron chi connectivity index (χ1n) is 8.83. The van der Waals surface area contributed by atoms with Gasteiger partial charge in [0.15, 0.2) is 0 Å². The first-order valence-corrected chi connectivity index (χ1v) is 8.83. The Labute approximate surface area is 147 Å². The molecule has 0 aliphatic carbocycles. The largest absolute Gasteiger partial charge is 0.385 e. The van der Waals surface area contributed by atoms with Crippen molar-refractivity contribution >= 4 is 10.9 Å². The molecule has 1 saturated heterocycles. The van der Waals surface area contributed by atoms with Gasteiger partial charge in [-0.3, -0.25) is 4.90 Å². The summed E-state index contributed by atoms with van der Waals surface area (Å²) < 4.78 is 14.1. The van der Waals surface area contributed by atoms with E-state index in [1.54, 1.807) is 18.2 Å². The molecule has 0 bridgehead atoms. The third kappa shape index (κ3) is 2.96. The smallest absolute Gasteiger partial charge is 0.129 e.